The molecule has 0 aliphatic carbocycles. The van der Waals surface area contributed by atoms with Crippen molar-refractivity contribution in [2.45, 2.75) is 18.9 Å². The lowest BCUT2D eigenvalue weighted by atomic mass is 10.1. The molecule has 2 nitrogen and oxygen atoms in total. The van der Waals surface area contributed by atoms with E-state index in [1.165, 1.54) is 0 Å². The molecule has 1 rings (SSSR count). The van der Waals surface area contributed by atoms with Crippen LogP contribution in [0.2, 0.25) is 0 Å². The van der Waals surface area contributed by atoms with E-state index in [2.05, 4.69) is 11.9 Å². The van der Waals surface area contributed by atoms with Crippen LogP contribution in [0.4, 0.5) is 0 Å². The van der Waals surface area contributed by atoms with Gasteiger partial charge in [0.25, 0.3) is 0 Å². The van der Waals surface area contributed by atoms with Gasteiger partial charge in [-0.15, -0.1) is 6.58 Å². The molecule has 0 aromatic carbocycles. The van der Waals surface area contributed by atoms with Gasteiger partial charge < -0.3 is 10.1 Å². The quantitative estimate of drug-likeness (QED) is 0.578. The molecule has 0 radical (unpaired) electrons. The Morgan fingerprint density at radius 2 is 2.50 bits per heavy atom. The van der Waals surface area contributed by atoms with Crippen LogP contribution >= 0.6 is 0 Å². The third kappa shape index (κ3) is 2.50. The molecular formula is C8H15NO. The minimum atomic E-state index is 0.597. The van der Waals surface area contributed by atoms with E-state index in [-0.39, 0.29) is 0 Å². The second-order valence-corrected chi connectivity index (χ2v) is 2.58. The van der Waals surface area contributed by atoms with E-state index < -0.39 is 0 Å². The van der Waals surface area contributed by atoms with Crippen LogP contribution in [0.5, 0.6) is 0 Å². The highest BCUT2D eigenvalue weighted by molar-refractivity contribution is 4.78. The van der Waals surface area contributed by atoms with E-state index in [9.17, 15) is 0 Å². The Balaban J connectivity index is 2.21. The molecule has 10 heavy (non-hydrogen) atoms. The Kier molecular flexibility index (Phi) is 3.47. The number of hydrogen-bond acceptors (Lipinski definition) is 2. The van der Waals surface area contributed by atoms with E-state index in [0.717, 1.165) is 32.6 Å². The summed E-state index contributed by atoms with van der Waals surface area (Å²) in [6.45, 7) is 6.44. The van der Waals surface area contributed by atoms with Gasteiger partial charge in [0.15, 0.2) is 0 Å². The fourth-order valence-electron chi connectivity index (χ4n) is 1.17. The number of rotatable bonds is 2. The smallest absolute Gasteiger partial charge is 0.0591 e. The van der Waals surface area contributed by atoms with Gasteiger partial charge in [-0.05, 0) is 12.8 Å². The van der Waals surface area contributed by atoms with Crippen molar-refractivity contribution in [2.24, 2.45) is 0 Å². The average molecular weight is 141 g/mol. The molecule has 1 atom stereocenters. The zero-order valence-corrected chi connectivity index (χ0v) is 6.31. The molecular weight excluding hydrogens is 126 g/mol. The van der Waals surface area contributed by atoms with Gasteiger partial charge >= 0.3 is 0 Å². The SMILES string of the molecule is C=CCC1CCOCCN1. The molecule has 0 aromatic heterocycles. The lowest BCUT2D eigenvalue weighted by Gasteiger charge is -2.10. The van der Waals surface area contributed by atoms with Crippen molar-refractivity contribution in [1.82, 2.24) is 5.32 Å². The van der Waals surface area contributed by atoms with Gasteiger partial charge in [-0.2, -0.15) is 0 Å². The summed E-state index contributed by atoms with van der Waals surface area (Å²) in [5, 5.41) is 3.39. The van der Waals surface area contributed by atoms with Crippen LogP contribution in [0.15, 0.2) is 12.7 Å². The van der Waals surface area contributed by atoms with Gasteiger partial charge in [0.2, 0.25) is 0 Å². The lowest BCUT2D eigenvalue weighted by Crippen LogP contribution is -2.28. The predicted molar refractivity (Wildman–Crippen MR) is 42.0 cm³/mol. The van der Waals surface area contributed by atoms with Crippen LogP contribution in [-0.4, -0.2) is 25.8 Å². The predicted octanol–water partition coefficient (Wildman–Crippen LogP) is 0.941. The van der Waals surface area contributed by atoms with Crippen molar-refractivity contribution in [1.29, 1.82) is 0 Å². The molecule has 1 fully saturated rings. The van der Waals surface area contributed by atoms with Crippen molar-refractivity contribution in [3.8, 4) is 0 Å². The minimum absolute atomic E-state index is 0.597. The van der Waals surface area contributed by atoms with Crippen molar-refractivity contribution in [3.63, 3.8) is 0 Å². The van der Waals surface area contributed by atoms with Crippen molar-refractivity contribution in [2.75, 3.05) is 19.8 Å². The number of ether oxygens (including phenoxy) is 1. The summed E-state index contributed by atoms with van der Waals surface area (Å²) in [5.41, 5.74) is 0. The molecule has 0 aromatic rings. The lowest BCUT2D eigenvalue weighted by molar-refractivity contribution is 0.150. The number of hydrogen-bond donors (Lipinski definition) is 1. The monoisotopic (exact) mass is 141 g/mol. The van der Waals surface area contributed by atoms with Crippen molar-refractivity contribution < 1.29 is 4.74 Å². The molecule has 58 valence electrons. The zero-order chi connectivity index (χ0) is 7.23. The molecule has 0 amide bonds. The van der Waals surface area contributed by atoms with E-state index in [1.807, 2.05) is 6.08 Å². The van der Waals surface area contributed by atoms with E-state index >= 15 is 0 Å². The first kappa shape index (κ1) is 7.76. The zero-order valence-electron chi connectivity index (χ0n) is 6.31. The van der Waals surface area contributed by atoms with Gasteiger partial charge in [0.1, 0.15) is 0 Å². The molecule has 1 N–H and O–H groups in total. The Morgan fingerprint density at radius 1 is 1.60 bits per heavy atom. The molecule has 2 heteroatoms. The van der Waals surface area contributed by atoms with Crippen LogP contribution in [-0.2, 0) is 4.74 Å². The third-order valence-corrected chi connectivity index (χ3v) is 1.74. The molecule has 0 saturated carbocycles. The maximum atomic E-state index is 5.27. The summed E-state index contributed by atoms with van der Waals surface area (Å²) < 4.78 is 5.27. The standard InChI is InChI=1S/C8H15NO/c1-2-3-8-4-6-10-7-5-9-8/h2,8-9H,1,3-7H2. The van der Waals surface area contributed by atoms with Crippen LogP contribution in [0.1, 0.15) is 12.8 Å². The molecule has 0 spiro atoms. The Bertz CT molecular complexity index is 95.4. The third-order valence-electron chi connectivity index (χ3n) is 1.74. The first-order valence-electron chi connectivity index (χ1n) is 3.85. The van der Waals surface area contributed by atoms with Gasteiger partial charge in [-0.25, -0.2) is 0 Å². The highest BCUT2D eigenvalue weighted by atomic mass is 16.5. The molecule has 1 unspecified atom stereocenters. The molecule has 1 aliphatic rings. The Morgan fingerprint density at radius 3 is 3.30 bits per heavy atom. The normalized spacial score (nSPS) is 27.4. The minimum Gasteiger partial charge on any atom is -0.380 e. The highest BCUT2D eigenvalue weighted by Gasteiger charge is 2.08. The molecule has 1 heterocycles. The largest absolute Gasteiger partial charge is 0.380 e. The fraction of sp³-hybridized carbons (Fsp3) is 0.750. The van der Waals surface area contributed by atoms with Crippen LogP contribution in [0.25, 0.3) is 0 Å². The maximum absolute atomic E-state index is 5.27. The second-order valence-electron chi connectivity index (χ2n) is 2.58. The van der Waals surface area contributed by atoms with Gasteiger partial charge in [0, 0.05) is 19.2 Å². The van der Waals surface area contributed by atoms with Crippen LogP contribution in [0.3, 0.4) is 0 Å². The van der Waals surface area contributed by atoms with Gasteiger partial charge in [-0.1, -0.05) is 6.08 Å². The van der Waals surface area contributed by atoms with E-state index in [1.54, 1.807) is 0 Å². The topological polar surface area (TPSA) is 21.3 Å². The number of nitrogens with one attached hydrogen (secondary N) is 1. The summed E-state index contributed by atoms with van der Waals surface area (Å²) in [6.07, 6.45) is 4.14. The summed E-state index contributed by atoms with van der Waals surface area (Å²) in [5.74, 6) is 0. The molecule has 1 aliphatic heterocycles. The summed E-state index contributed by atoms with van der Waals surface area (Å²) in [7, 11) is 0. The van der Waals surface area contributed by atoms with Crippen LogP contribution in [0, 0.1) is 0 Å². The van der Waals surface area contributed by atoms with Crippen molar-refractivity contribution in [3.05, 3.63) is 12.7 Å². The highest BCUT2D eigenvalue weighted by Crippen LogP contribution is 2.01. The second kappa shape index (κ2) is 4.47. The van der Waals surface area contributed by atoms with Crippen molar-refractivity contribution >= 4 is 0 Å². The maximum Gasteiger partial charge on any atom is 0.0591 e. The van der Waals surface area contributed by atoms with Crippen LogP contribution < -0.4 is 5.32 Å². The Labute approximate surface area is 62.3 Å². The Hall–Kier alpha value is -0.340. The average Bonchev–Trinajstić information content (AvgIpc) is 2.17. The van der Waals surface area contributed by atoms with E-state index in [0.29, 0.717) is 6.04 Å². The summed E-state index contributed by atoms with van der Waals surface area (Å²) in [4.78, 5) is 0. The summed E-state index contributed by atoms with van der Waals surface area (Å²) >= 11 is 0. The first-order chi connectivity index (χ1) is 4.93. The summed E-state index contributed by atoms with van der Waals surface area (Å²) in [6, 6.07) is 0.597. The van der Waals surface area contributed by atoms with Gasteiger partial charge in [-0.3, -0.25) is 0 Å². The first-order valence-corrected chi connectivity index (χ1v) is 3.85. The fourth-order valence-corrected chi connectivity index (χ4v) is 1.17. The van der Waals surface area contributed by atoms with Gasteiger partial charge in [0.05, 0.1) is 6.61 Å². The van der Waals surface area contributed by atoms with E-state index in [4.69, 9.17) is 4.74 Å². The molecule has 1 saturated heterocycles. The molecule has 0 bridgehead atoms.